The molecule has 0 bridgehead atoms. The first-order valence-electron chi connectivity index (χ1n) is 8.23. The van der Waals surface area contributed by atoms with Crippen molar-refractivity contribution < 1.29 is 29.0 Å². The van der Waals surface area contributed by atoms with E-state index >= 15 is 0 Å². The molecule has 132 valence electrons. The lowest BCUT2D eigenvalue weighted by molar-refractivity contribution is -0.144. The second-order valence-corrected chi connectivity index (χ2v) is 5.26. The number of hydrogen-bond donors (Lipinski definition) is 1. The van der Waals surface area contributed by atoms with E-state index in [2.05, 4.69) is 0 Å². The Hall–Kier alpha value is -1.85. The van der Waals surface area contributed by atoms with Crippen molar-refractivity contribution >= 4 is 17.9 Å². The Kier molecular flexibility index (Phi) is 13.8. The van der Waals surface area contributed by atoms with Crippen molar-refractivity contribution in [2.45, 2.75) is 64.7 Å². The summed E-state index contributed by atoms with van der Waals surface area (Å²) in [6, 6.07) is 0. The highest BCUT2D eigenvalue weighted by Gasteiger charge is 2.03. The Morgan fingerprint density at radius 3 is 2.00 bits per heavy atom. The molecule has 0 rings (SSSR count). The van der Waals surface area contributed by atoms with Crippen molar-refractivity contribution in [1.82, 2.24) is 0 Å². The summed E-state index contributed by atoms with van der Waals surface area (Å²) in [5.74, 6) is -1.34. The number of ether oxygens (including phenoxy) is 2. The Morgan fingerprint density at radius 1 is 0.826 bits per heavy atom. The van der Waals surface area contributed by atoms with Crippen LogP contribution in [-0.4, -0.2) is 36.2 Å². The molecular weight excluding hydrogens is 300 g/mol. The molecule has 0 aliphatic carbocycles. The zero-order valence-corrected chi connectivity index (χ0v) is 13.9. The van der Waals surface area contributed by atoms with Gasteiger partial charge in [0.25, 0.3) is 0 Å². The van der Waals surface area contributed by atoms with Crippen LogP contribution in [0.25, 0.3) is 0 Å². The predicted octanol–water partition coefficient (Wildman–Crippen LogP) is 3.24. The molecule has 1 N–H and O–H groups in total. The molecule has 0 radical (unpaired) electrons. The van der Waals surface area contributed by atoms with E-state index in [0.29, 0.717) is 32.5 Å². The van der Waals surface area contributed by atoms with Crippen molar-refractivity contribution in [1.29, 1.82) is 0 Å². The number of rotatable bonds is 14. The Balaban J connectivity index is 3.29. The quantitative estimate of drug-likeness (QED) is 0.299. The van der Waals surface area contributed by atoms with E-state index in [4.69, 9.17) is 14.6 Å². The Morgan fingerprint density at radius 2 is 1.39 bits per heavy atom. The van der Waals surface area contributed by atoms with E-state index in [9.17, 15) is 14.4 Å². The van der Waals surface area contributed by atoms with Crippen LogP contribution in [0.4, 0.5) is 0 Å². The number of allylic oxidation sites excluding steroid dienone is 1. The predicted molar refractivity (Wildman–Crippen MR) is 85.9 cm³/mol. The molecule has 0 aliphatic rings. The summed E-state index contributed by atoms with van der Waals surface area (Å²) < 4.78 is 10.1. The van der Waals surface area contributed by atoms with Gasteiger partial charge in [0, 0.05) is 18.9 Å². The smallest absolute Gasteiger partial charge is 0.330 e. The lowest BCUT2D eigenvalue weighted by atomic mass is 10.1. The highest BCUT2D eigenvalue weighted by molar-refractivity contribution is 5.81. The van der Waals surface area contributed by atoms with E-state index in [0.717, 1.165) is 32.1 Å². The van der Waals surface area contributed by atoms with Crippen LogP contribution in [0.15, 0.2) is 12.2 Å². The number of aliphatic carboxylic acids is 1. The van der Waals surface area contributed by atoms with Gasteiger partial charge in [-0.3, -0.25) is 9.59 Å². The summed E-state index contributed by atoms with van der Waals surface area (Å²) in [4.78, 5) is 32.7. The van der Waals surface area contributed by atoms with E-state index < -0.39 is 5.97 Å². The minimum absolute atomic E-state index is 0.152. The van der Waals surface area contributed by atoms with Crippen LogP contribution in [0.3, 0.4) is 0 Å². The molecular formula is C17H28O6. The second kappa shape index (κ2) is 15.1. The summed E-state index contributed by atoms with van der Waals surface area (Å²) in [5, 5.41) is 8.47. The fraction of sp³-hybridized carbons (Fsp3) is 0.706. The van der Waals surface area contributed by atoms with Gasteiger partial charge in [-0.25, -0.2) is 4.79 Å². The highest BCUT2D eigenvalue weighted by Crippen LogP contribution is 2.05. The van der Waals surface area contributed by atoms with Crippen molar-refractivity contribution in [3.63, 3.8) is 0 Å². The van der Waals surface area contributed by atoms with Crippen LogP contribution in [0.1, 0.15) is 64.7 Å². The van der Waals surface area contributed by atoms with Gasteiger partial charge in [0.1, 0.15) is 0 Å². The Labute approximate surface area is 137 Å². The number of carbonyl (C=O) groups is 3. The van der Waals surface area contributed by atoms with Gasteiger partial charge >= 0.3 is 17.9 Å². The van der Waals surface area contributed by atoms with Gasteiger partial charge in [0.05, 0.1) is 13.2 Å². The maximum Gasteiger partial charge on any atom is 0.330 e. The van der Waals surface area contributed by atoms with Crippen LogP contribution in [0.2, 0.25) is 0 Å². The van der Waals surface area contributed by atoms with Gasteiger partial charge < -0.3 is 14.6 Å². The maximum absolute atomic E-state index is 11.4. The van der Waals surface area contributed by atoms with Crippen LogP contribution in [0, 0.1) is 0 Å². The maximum atomic E-state index is 11.4. The number of esters is 2. The number of unbranched alkanes of at least 4 members (excludes halogenated alkanes) is 5. The van der Waals surface area contributed by atoms with E-state index in [1.807, 2.05) is 0 Å². The van der Waals surface area contributed by atoms with E-state index in [-0.39, 0.29) is 18.4 Å². The summed E-state index contributed by atoms with van der Waals surface area (Å²) in [6.07, 6.45) is 8.99. The van der Waals surface area contributed by atoms with Crippen LogP contribution in [0.5, 0.6) is 0 Å². The molecule has 0 spiro atoms. The molecule has 6 heteroatoms. The minimum atomic E-state index is -0.802. The van der Waals surface area contributed by atoms with Gasteiger partial charge in [-0.05, 0) is 45.4 Å². The molecule has 0 atom stereocenters. The fourth-order valence-corrected chi connectivity index (χ4v) is 1.90. The third-order valence-electron chi connectivity index (χ3n) is 3.12. The summed E-state index contributed by atoms with van der Waals surface area (Å²) in [7, 11) is 0. The SMILES string of the molecule is CC=CC(=O)OCCCCCCOC(=O)CCCCCC(=O)O. The molecule has 0 aromatic carbocycles. The molecule has 0 heterocycles. The van der Waals surface area contributed by atoms with Crippen LogP contribution >= 0.6 is 0 Å². The third kappa shape index (κ3) is 16.3. The third-order valence-corrected chi connectivity index (χ3v) is 3.12. The van der Waals surface area contributed by atoms with Gasteiger partial charge in [-0.2, -0.15) is 0 Å². The lowest BCUT2D eigenvalue weighted by Crippen LogP contribution is -2.06. The first kappa shape index (κ1) is 21.1. The van der Waals surface area contributed by atoms with Crippen molar-refractivity contribution in [2.24, 2.45) is 0 Å². The van der Waals surface area contributed by atoms with Crippen molar-refractivity contribution in [2.75, 3.05) is 13.2 Å². The monoisotopic (exact) mass is 328 g/mol. The Bertz CT molecular complexity index is 375. The van der Waals surface area contributed by atoms with Gasteiger partial charge in [0.2, 0.25) is 0 Å². The second-order valence-electron chi connectivity index (χ2n) is 5.26. The molecule has 0 aliphatic heterocycles. The van der Waals surface area contributed by atoms with Crippen molar-refractivity contribution in [3.8, 4) is 0 Å². The summed E-state index contributed by atoms with van der Waals surface area (Å²) in [5.41, 5.74) is 0. The largest absolute Gasteiger partial charge is 0.481 e. The van der Waals surface area contributed by atoms with Crippen LogP contribution in [-0.2, 0) is 23.9 Å². The molecule has 0 amide bonds. The number of carboxylic acid groups (broad SMARTS) is 1. The molecule has 0 unspecified atom stereocenters. The normalized spacial score (nSPS) is 10.7. The number of hydrogen-bond acceptors (Lipinski definition) is 5. The fourth-order valence-electron chi connectivity index (χ4n) is 1.90. The van der Waals surface area contributed by atoms with Crippen LogP contribution < -0.4 is 0 Å². The van der Waals surface area contributed by atoms with Gasteiger partial charge in [-0.1, -0.05) is 12.5 Å². The first-order valence-corrected chi connectivity index (χ1v) is 8.23. The average molecular weight is 328 g/mol. The van der Waals surface area contributed by atoms with E-state index in [1.165, 1.54) is 6.08 Å². The van der Waals surface area contributed by atoms with Gasteiger partial charge in [-0.15, -0.1) is 0 Å². The topological polar surface area (TPSA) is 89.9 Å². The number of carboxylic acids is 1. The zero-order chi connectivity index (χ0) is 17.3. The number of carbonyl (C=O) groups excluding carboxylic acids is 2. The van der Waals surface area contributed by atoms with Crippen molar-refractivity contribution in [3.05, 3.63) is 12.2 Å². The standard InChI is InChI=1S/C17H28O6/c1-2-10-16(20)22-13-8-3-4-9-14-23-17(21)12-7-5-6-11-15(18)19/h2,10H,3-9,11-14H2,1H3,(H,18,19). The summed E-state index contributed by atoms with van der Waals surface area (Å²) in [6.45, 7) is 2.59. The highest BCUT2D eigenvalue weighted by atomic mass is 16.5. The summed E-state index contributed by atoms with van der Waals surface area (Å²) >= 11 is 0. The molecule has 0 aromatic rings. The minimum Gasteiger partial charge on any atom is -0.481 e. The average Bonchev–Trinajstić information content (AvgIpc) is 2.49. The molecule has 0 aromatic heterocycles. The lowest BCUT2D eigenvalue weighted by Gasteiger charge is -2.05. The molecule has 0 saturated carbocycles. The molecule has 23 heavy (non-hydrogen) atoms. The van der Waals surface area contributed by atoms with E-state index in [1.54, 1.807) is 13.0 Å². The van der Waals surface area contributed by atoms with Gasteiger partial charge in [0.15, 0.2) is 0 Å². The first-order chi connectivity index (χ1) is 11.1. The molecule has 6 nitrogen and oxygen atoms in total. The molecule has 0 saturated heterocycles. The molecule has 0 fully saturated rings. The zero-order valence-electron chi connectivity index (χ0n) is 13.9.